The first kappa shape index (κ1) is 11.8. The molecule has 1 heterocycles. The van der Waals surface area contributed by atoms with E-state index in [0.717, 1.165) is 22.6 Å². The molecule has 0 spiro atoms. The Morgan fingerprint density at radius 1 is 1.16 bits per heavy atom. The molecule has 0 saturated heterocycles. The van der Waals surface area contributed by atoms with E-state index in [2.05, 4.69) is 5.32 Å². The van der Waals surface area contributed by atoms with Gasteiger partial charge < -0.3 is 10.1 Å². The van der Waals surface area contributed by atoms with Gasteiger partial charge in [0.2, 0.25) is 0 Å². The van der Waals surface area contributed by atoms with E-state index in [1.54, 1.807) is 7.11 Å². The summed E-state index contributed by atoms with van der Waals surface area (Å²) >= 11 is 0. The molecule has 0 amide bonds. The van der Waals surface area contributed by atoms with Gasteiger partial charge in [0.1, 0.15) is 5.75 Å². The molecule has 1 atom stereocenters. The van der Waals surface area contributed by atoms with Gasteiger partial charge in [0.25, 0.3) is 0 Å². The van der Waals surface area contributed by atoms with Gasteiger partial charge >= 0.3 is 0 Å². The summed E-state index contributed by atoms with van der Waals surface area (Å²) < 4.78 is 5.21. The second-order valence-electron chi connectivity index (χ2n) is 4.65. The van der Waals surface area contributed by atoms with Gasteiger partial charge in [0, 0.05) is 23.7 Å². The molecular weight excluding hydrogens is 238 g/mol. The molecule has 0 unspecified atom stereocenters. The van der Waals surface area contributed by atoms with Gasteiger partial charge in [-0.1, -0.05) is 30.3 Å². The van der Waals surface area contributed by atoms with Crippen LogP contribution in [0, 0.1) is 0 Å². The summed E-state index contributed by atoms with van der Waals surface area (Å²) in [5.74, 6) is 0.929. The Bertz CT molecular complexity index is 607. The predicted molar refractivity (Wildman–Crippen MR) is 74.7 cm³/mol. The Balaban J connectivity index is 1.96. The molecular formula is C16H15NO2. The Morgan fingerprint density at radius 3 is 2.68 bits per heavy atom. The van der Waals surface area contributed by atoms with E-state index in [9.17, 15) is 4.79 Å². The highest BCUT2D eigenvalue weighted by atomic mass is 16.5. The number of carbonyl (C=O) groups excluding carboxylic acids is 1. The number of rotatable bonds is 2. The molecule has 0 fully saturated rings. The molecule has 0 aliphatic carbocycles. The zero-order valence-electron chi connectivity index (χ0n) is 10.7. The van der Waals surface area contributed by atoms with Crippen LogP contribution in [0.5, 0.6) is 5.75 Å². The molecule has 3 heteroatoms. The molecule has 0 aromatic heterocycles. The second kappa shape index (κ2) is 4.76. The van der Waals surface area contributed by atoms with Crippen LogP contribution < -0.4 is 10.1 Å². The van der Waals surface area contributed by atoms with Gasteiger partial charge in [-0.2, -0.15) is 0 Å². The molecule has 3 nitrogen and oxygen atoms in total. The molecule has 19 heavy (non-hydrogen) atoms. The van der Waals surface area contributed by atoms with Crippen LogP contribution in [0.1, 0.15) is 28.4 Å². The van der Waals surface area contributed by atoms with Crippen LogP contribution in [0.25, 0.3) is 0 Å². The SMILES string of the molecule is COc1ccc2c(c1)N[C@H](c1ccccc1)CC2=O. The predicted octanol–water partition coefficient (Wildman–Crippen LogP) is 3.43. The number of Topliss-reactive ketones (excluding diaryl/α,β-unsaturated/α-hetero) is 1. The maximum atomic E-state index is 12.2. The number of nitrogens with one attached hydrogen (secondary N) is 1. The number of fused-ring (bicyclic) bond motifs is 1. The van der Waals surface area contributed by atoms with E-state index in [-0.39, 0.29) is 11.8 Å². The number of benzene rings is 2. The quantitative estimate of drug-likeness (QED) is 0.891. The fourth-order valence-corrected chi connectivity index (χ4v) is 2.43. The summed E-state index contributed by atoms with van der Waals surface area (Å²) in [5.41, 5.74) is 2.72. The van der Waals surface area contributed by atoms with Gasteiger partial charge in [-0.05, 0) is 17.7 Å². The van der Waals surface area contributed by atoms with Crippen molar-refractivity contribution in [3.05, 3.63) is 59.7 Å². The van der Waals surface area contributed by atoms with E-state index in [4.69, 9.17) is 4.74 Å². The van der Waals surface area contributed by atoms with E-state index in [1.165, 1.54) is 0 Å². The minimum absolute atomic E-state index is 0.0355. The van der Waals surface area contributed by atoms with E-state index in [1.807, 2.05) is 48.5 Å². The average molecular weight is 253 g/mol. The van der Waals surface area contributed by atoms with Crippen LogP contribution in [0.2, 0.25) is 0 Å². The van der Waals surface area contributed by atoms with E-state index >= 15 is 0 Å². The standard InChI is InChI=1S/C16H15NO2/c1-19-12-7-8-13-15(9-12)17-14(10-16(13)18)11-5-3-2-4-6-11/h2-9,14,17H,10H2,1H3/t14-/m0/s1. The van der Waals surface area contributed by atoms with Gasteiger partial charge in [-0.15, -0.1) is 0 Å². The number of carbonyl (C=O) groups is 1. The lowest BCUT2D eigenvalue weighted by Crippen LogP contribution is -2.22. The Morgan fingerprint density at radius 2 is 1.95 bits per heavy atom. The lowest BCUT2D eigenvalue weighted by molar-refractivity contribution is 0.0972. The Labute approximate surface area is 112 Å². The first-order chi connectivity index (χ1) is 9.28. The molecule has 3 rings (SSSR count). The third-order valence-corrected chi connectivity index (χ3v) is 3.45. The lowest BCUT2D eigenvalue weighted by Gasteiger charge is -2.26. The van der Waals surface area contributed by atoms with Crippen molar-refractivity contribution < 1.29 is 9.53 Å². The average Bonchev–Trinajstić information content (AvgIpc) is 2.47. The van der Waals surface area contributed by atoms with Crippen molar-refractivity contribution in [1.29, 1.82) is 0 Å². The van der Waals surface area contributed by atoms with Crippen LogP contribution in [0.4, 0.5) is 5.69 Å². The Kier molecular flexibility index (Phi) is 2.95. The van der Waals surface area contributed by atoms with Gasteiger partial charge in [-0.25, -0.2) is 0 Å². The van der Waals surface area contributed by atoms with Crippen molar-refractivity contribution in [2.75, 3.05) is 12.4 Å². The van der Waals surface area contributed by atoms with Crippen LogP contribution in [-0.2, 0) is 0 Å². The van der Waals surface area contributed by atoms with Crippen molar-refractivity contribution in [2.45, 2.75) is 12.5 Å². The van der Waals surface area contributed by atoms with Crippen LogP contribution >= 0.6 is 0 Å². The minimum Gasteiger partial charge on any atom is -0.497 e. The topological polar surface area (TPSA) is 38.3 Å². The van der Waals surface area contributed by atoms with E-state index < -0.39 is 0 Å². The fraction of sp³-hybridized carbons (Fsp3) is 0.188. The van der Waals surface area contributed by atoms with Crippen molar-refractivity contribution in [3.63, 3.8) is 0 Å². The van der Waals surface area contributed by atoms with Crippen molar-refractivity contribution in [1.82, 2.24) is 0 Å². The first-order valence-electron chi connectivity index (χ1n) is 6.30. The highest BCUT2D eigenvalue weighted by molar-refractivity contribution is 6.03. The molecule has 1 aliphatic rings. The summed E-state index contributed by atoms with van der Waals surface area (Å²) in [6, 6.07) is 15.6. The van der Waals surface area contributed by atoms with Crippen molar-refractivity contribution in [2.24, 2.45) is 0 Å². The monoisotopic (exact) mass is 253 g/mol. The molecule has 96 valence electrons. The number of ether oxygens (including phenoxy) is 1. The van der Waals surface area contributed by atoms with E-state index in [0.29, 0.717) is 6.42 Å². The van der Waals surface area contributed by atoms with Crippen molar-refractivity contribution in [3.8, 4) is 5.75 Å². The summed E-state index contributed by atoms with van der Waals surface area (Å²) in [5, 5.41) is 3.42. The van der Waals surface area contributed by atoms with Crippen molar-refractivity contribution >= 4 is 11.5 Å². The molecule has 1 N–H and O–H groups in total. The lowest BCUT2D eigenvalue weighted by atomic mass is 9.92. The maximum absolute atomic E-state index is 12.2. The number of methoxy groups -OCH3 is 1. The smallest absolute Gasteiger partial charge is 0.167 e. The third kappa shape index (κ3) is 2.19. The summed E-state index contributed by atoms with van der Waals surface area (Å²) in [4.78, 5) is 12.2. The fourth-order valence-electron chi connectivity index (χ4n) is 2.43. The second-order valence-corrected chi connectivity index (χ2v) is 4.65. The van der Waals surface area contributed by atoms with Gasteiger partial charge in [-0.3, -0.25) is 4.79 Å². The summed E-state index contributed by atoms with van der Waals surface area (Å²) in [6.45, 7) is 0. The maximum Gasteiger partial charge on any atom is 0.167 e. The molecule has 2 aromatic carbocycles. The third-order valence-electron chi connectivity index (χ3n) is 3.45. The molecule has 0 saturated carbocycles. The number of hydrogen-bond acceptors (Lipinski definition) is 3. The number of anilines is 1. The normalized spacial score (nSPS) is 17.5. The van der Waals surface area contributed by atoms with Gasteiger partial charge in [0.15, 0.2) is 5.78 Å². The largest absolute Gasteiger partial charge is 0.497 e. The molecule has 0 radical (unpaired) electrons. The first-order valence-corrected chi connectivity index (χ1v) is 6.30. The van der Waals surface area contributed by atoms with Crippen LogP contribution in [-0.4, -0.2) is 12.9 Å². The highest BCUT2D eigenvalue weighted by Gasteiger charge is 2.25. The summed E-state index contributed by atoms with van der Waals surface area (Å²) in [6.07, 6.45) is 0.489. The summed E-state index contributed by atoms with van der Waals surface area (Å²) in [7, 11) is 1.63. The molecule has 0 bridgehead atoms. The van der Waals surface area contributed by atoms with Gasteiger partial charge in [0.05, 0.1) is 13.2 Å². The number of hydrogen-bond donors (Lipinski definition) is 1. The molecule has 2 aromatic rings. The Hall–Kier alpha value is -2.29. The minimum atomic E-state index is 0.0355. The van der Waals surface area contributed by atoms with Crippen LogP contribution in [0.3, 0.4) is 0 Å². The zero-order valence-corrected chi connectivity index (χ0v) is 10.7. The number of ketones is 1. The zero-order chi connectivity index (χ0) is 13.2. The van der Waals surface area contributed by atoms with Crippen LogP contribution in [0.15, 0.2) is 48.5 Å². The molecule has 1 aliphatic heterocycles. The highest BCUT2D eigenvalue weighted by Crippen LogP contribution is 2.34.